The first-order valence-corrected chi connectivity index (χ1v) is 11.2. The van der Waals surface area contributed by atoms with Crippen LogP contribution >= 0.6 is 11.8 Å². The molecule has 1 aliphatic rings. The maximum Gasteiger partial charge on any atom is 0.319 e. The first-order valence-electron chi connectivity index (χ1n) is 10.3. The minimum atomic E-state index is -0.241. The molecule has 0 aliphatic carbocycles. The number of ether oxygens (including phenoxy) is 1. The average molecular weight is 423 g/mol. The summed E-state index contributed by atoms with van der Waals surface area (Å²) in [5.41, 5.74) is 4.31. The molecule has 156 valence electrons. The monoisotopic (exact) mass is 422 g/mol. The number of carbonyl (C=O) groups is 1. The third-order valence-corrected chi connectivity index (χ3v) is 6.57. The molecule has 1 atom stereocenters. The number of para-hydroxylation sites is 1. The molecule has 0 unspecified atom stereocenters. The standard InChI is InChI=1S/C23H26N4O2S/c1-4-26(5-2)18-12-10-17(11-13-18)21-24-25-23(30-20-14-15-29-22(20)28)27(21)19-9-7-6-8-16(19)3/h6-13,20H,4-5,14-15H2,1-3H3/t20-/m1/s1. The molecule has 3 aromatic rings. The topological polar surface area (TPSA) is 60.2 Å². The summed E-state index contributed by atoms with van der Waals surface area (Å²) in [7, 11) is 0. The van der Waals surface area contributed by atoms with Gasteiger partial charge in [-0.3, -0.25) is 9.36 Å². The molecule has 1 saturated heterocycles. The van der Waals surface area contributed by atoms with Gasteiger partial charge in [-0.05, 0) is 56.7 Å². The Hall–Kier alpha value is -2.80. The highest BCUT2D eigenvalue weighted by Gasteiger charge is 2.30. The molecule has 1 aromatic heterocycles. The van der Waals surface area contributed by atoms with Crippen molar-refractivity contribution in [3.63, 3.8) is 0 Å². The minimum Gasteiger partial charge on any atom is -0.465 e. The van der Waals surface area contributed by atoms with Crippen LogP contribution < -0.4 is 4.90 Å². The normalized spacial score (nSPS) is 16.0. The SMILES string of the molecule is CCN(CC)c1ccc(-c2nnc(S[C@@H]3CCOC3=O)n2-c2ccccc2C)cc1. The number of anilines is 1. The molecule has 2 aromatic carbocycles. The lowest BCUT2D eigenvalue weighted by atomic mass is 10.1. The van der Waals surface area contributed by atoms with Crippen LogP contribution in [-0.4, -0.2) is 45.7 Å². The Morgan fingerprint density at radius 3 is 2.47 bits per heavy atom. The predicted molar refractivity (Wildman–Crippen MR) is 120 cm³/mol. The molecule has 30 heavy (non-hydrogen) atoms. The summed E-state index contributed by atoms with van der Waals surface area (Å²) in [6.07, 6.45) is 0.692. The molecule has 2 heterocycles. The van der Waals surface area contributed by atoms with Gasteiger partial charge in [0, 0.05) is 30.8 Å². The van der Waals surface area contributed by atoms with Crippen LogP contribution in [0.25, 0.3) is 17.1 Å². The van der Waals surface area contributed by atoms with E-state index in [2.05, 4.69) is 76.8 Å². The predicted octanol–water partition coefficient (Wildman–Crippen LogP) is 4.50. The van der Waals surface area contributed by atoms with Crippen molar-refractivity contribution in [2.24, 2.45) is 0 Å². The highest BCUT2D eigenvalue weighted by molar-refractivity contribution is 8.00. The van der Waals surface area contributed by atoms with E-state index in [1.807, 2.05) is 12.1 Å². The van der Waals surface area contributed by atoms with E-state index < -0.39 is 0 Å². The summed E-state index contributed by atoms with van der Waals surface area (Å²) < 4.78 is 7.19. The zero-order valence-corrected chi connectivity index (χ0v) is 18.4. The van der Waals surface area contributed by atoms with Crippen molar-refractivity contribution in [3.8, 4) is 17.1 Å². The van der Waals surface area contributed by atoms with E-state index in [4.69, 9.17) is 4.74 Å². The fraction of sp³-hybridized carbons (Fsp3) is 0.348. The average Bonchev–Trinajstić information content (AvgIpc) is 3.36. The van der Waals surface area contributed by atoms with Crippen molar-refractivity contribution in [2.45, 2.75) is 37.6 Å². The van der Waals surface area contributed by atoms with E-state index in [1.165, 1.54) is 17.4 Å². The van der Waals surface area contributed by atoms with Crippen molar-refractivity contribution in [1.29, 1.82) is 0 Å². The quantitative estimate of drug-likeness (QED) is 0.523. The van der Waals surface area contributed by atoms with Gasteiger partial charge in [0.25, 0.3) is 0 Å². The molecule has 4 rings (SSSR count). The van der Waals surface area contributed by atoms with Crippen molar-refractivity contribution < 1.29 is 9.53 Å². The van der Waals surface area contributed by atoms with E-state index in [1.54, 1.807) is 0 Å². The Morgan fingerprint density at radius 2 is 1.83 bits per heavy atom. The van der Waals surface area contributed by atoms with Crippen molar-refractivity contribution in [2.75, 3.05) is 24.6 Å². The van der Waals surface area contributed by atoms with Crippen LogP contribution in [0.2, 0.25) is 0 Å². The van der Waals surface area contributed by atoms with E-state index in [-0.39, 0.29) is 11.2 Å². The van der Waals surface area contributed by atoms with Gasteiger partial charge >= 0.3 is 5.97 Å². The molecule has 6 nitrogen and oxygen atoms in total. The Kier molecular flexibility index (Phi) is 6.08. The van der Waals surface area contributed by atoms with Gasteiger partial charge < -0.3 is 9.64 Å². The summed E-state index contributed by atoms with van der Waals surface area (Å²) in [6, 6.07) is 16.6. The molecular formula is C23H26N4O2S. The molecule has 0 radical (unpaired) electrons. The van der Waals surface area contributed by atoms with Crippen LogP contribution in [0.5, 0.6) is 0 Å². The third-order valence-electron chi connectivity index (χ3n) is 5.38. The molecule has 0 saturated carbocycles. The zero-order chi connectivity index (χ0) is 21.1. The lowest BCUT2D eigenvalue weighted by molar-refractivity contribution is -0.137. The number of aryl methyl sites for hydroxylation is 1. The molecule has 0 bridgehead atoms. The molecule has 0 spiro atoms. The fourth-order valence-corrected chi connectivity index (χ4v) is 4.70. The molecular weight excluding hydrogens is 396 g/mol. The third kappa shape index (κ3) is 3.94. The number of hydrogen-bond donors (Lipinski definition) is 0. The Morgan fingerprint density at radius 1 is 1.10 bits per heavy atom. The zero-order valence-electron chi connectivity index (χ0n) is 17.5. The van der Waals surface area contributed by atoms with E-state index in [0.717, 1.165) is 35.7 Å². The number of cyclic esters (lactones) is 1. The van der Waals surface area contributed by atoms with E-state index >= 15 is 0 Å². The number of carbonyl (C=O) groups excluding carboxylic acids is 1. The number of thioether (sulfide) groups is 1. The number of esters is 1. The molecule has 0 N–H and O–H groups in total. The number of hydrogen-bond acceptors (Lipinski definition) is 6. The van der Waals surface area contributed by atoms with Crippen molar-refractivity contribution in [3.05, 3.63) is 54.1 Å². The second kappa shape index (κ2) is 8.92. The van der Waals surface area contributed by atoms with Gasteiger partial charge in [0.05, 0.1) is 12.3 Å². The second-order valence-corrected chi connectivity index (χ2v) is 8.38. The fourth-order valence-electron chi connectivity index (χ4n) is 3.69. The van der Waals surface area contributed by atoms with Crippen molar-refractivity contribution >= 4 is 23.4 Å². The van der Waals surface area contributed by atoms with Gasteiger partial charge in [0.15, 0.2) is 11.0 Å². The maximum absolute atomic E-state index is 12.0. The van der Waals surface area contributed by atoms with Crippen LogP contribution in [0.15, 0.2) is 53.7 Å². The number of benzene rings is 2. The van der Waals surface area contributed by atoms with E-state index in [9.17, 15) is 4.79 Å². The summed E-state index contributed by atoms with van der Waals surface area (Å²) in [5, 5.41) is 9.43. The summed E-state index contributed by atoms with van der Waals surface area (Å²) in [4.78, 5) is 14.3. The van der Waals surface area contributed by atoms with Gasteiger partial charge in [-0.15, -0.1) is 10.2 Å². The number of aromatic nitrogens is 3. The lowest BCUT2D eigenvalue weighted by Crippen LogP contribution is -2.21. The first-order chi connectivity index (χ1) is 14.6. The Balaban J connectivity index is 1.76. The van der Waals surface area contributed by atoms with Gasteiger partial charge in [-0.2, -0.15) is 0 Å². The summed E-state index contributed by atoms with van der Waals surface area (Å²) >= 11 is 1.43. The second-order valence-electron chi connectivity index (χ2n) is 7.21. The Labute approximate surface area is 181 Å². The maximum atomic E-state index is 12.0. The molecule has 7 heteroatoms. The number of nitrogens with zero attached hydrogens (tertiary/aromatic N) is 4. The smallest absolute Gasteiger partial charge is 0.319 e. The van der Waals surface area contributed by atoms with E-state index in [0.29, 0.717) is 18.2 Å². The van der Waals surface area contributed by atoms with Gasteiger partial charge in [0.1, 0.15) is 5.25 Å². The van der Waals surface area contributed by atoms with Crippen LogP contribution in [-0.2, 0) is 9.53 Å². The highest BCUT2D eigenvalue weighted by Crippen LogP contribution is 2.34. The molecule has 1 aliphatic heterocycles. The minimum absolute atomic E-state index is 0.176. The number of rotatable bonds is 7. The highest BCUT2D eigenvalue weighted by atomic mass is 32.2. The van der Waals surface area contributed by atoms with Crippen molar-refractivity contribution in [1.82, 2.24) is 14.8 Å². The van der Waals surface area contributed by atoms with Gasteiger partial charge in [-0.1, -0.05) is 30.0 Å². The van der Waals surface area contributed by atoms with Crippen LogP contribution in [0.3, 0.4) is 0 Å². The van der Waals surface area contributed by atoms with Crippen LogP contribution in [0, 0.1) is 6.92 Å². The molecule has 1 fully saturated rings. The summed E-state index contributed by atoms with van der Waals surface area (Å²) in [6.45, 7) is 8.78. The first kappa shape index (κ1) is 20.5. The summed E-state index contributed by atoms with van der Waals surface area (Å²) in [5.74, 6) is 0.591. The van der Waals surface area contributed by atoms with Gasteiger partial charge in [-0.25, -0.2) is 0 Å². The van der Waals surface area contributed by atoms with Crippen LogP contribution in [0.1, 0.15) is 25.8 Å². The van der Waals surface area contributed by atoms with Gasteiger partial charge in [0.2, 0.25) is 0 Å². The largest absolute Gasteiger partial charge is 0.465 e. The van der Waals surface area contributed by atoms with Crippen LogP contribution in [0.4, 0.5) is 5.69 Å². The lowest BCUT2D eigenvalue weighted by Gasteiger charge is -2.21. The Bertz CT molecular complexity index is 1030. The molecule has 0 amide bonds.